The number of aromatic hydroxyl groups is 1. The van der Waals surface area contributed by atoms with Crippen LogP contribution in [0.5, 0.6) is 5.75 Å². The summed E-state index contributed by atoms with van der Waals surface area (Å²) in [4.78, 5) is 35.4. The van der Waals surface area contributed by atoms with Crippen LogP contribution in [-0.2, 0) is 14.4 Å². The lowest BCUT2D eigenvalue weighted by atomic mass is 10.1. The third kappa shape index (κ3) is 3.88. The fraction of sp³-hybridized carbons (Fsp3) is 0.143. The Bertz CT molecular complexity index is 712. The molecule has 0 aliphatic carbocycles. The zero-order chi connectivity index (χ0) is 17.1. The zero-order valence-electron chi connectivity index (χ0n) is 11.5. The molecular formula is C14H11NO6S2. The Balaban J connectivity index is 2.30. The Morgan fingerprint density at radius 1 is 1.26 bits per heavy atom. The number of carboxylic acids is 2. The molecule has 0 aromatic heterocycles. The minimum atomic E-state index is -1.55. The van der Waals surface area contributed by atoms with Crippen LogP contribution in [0.2, 0.25) is 0 Å². The van der Waals surface area contributed by atoms with Gasteiger partial charge in [-0.15, -0.1) is 0 Å². The lowest BCUT2D eigenvalue weighted by molar-refractivity contribution is -0.150. The average Bonchev–Trinajstić information content (AvgIpc) is 2.73. The molecule has 1 aromatic carbocycles. The molecule has 1 amide bonds. The summed E-state index contributed by atoms with van der Waals surface area (Å²) in [6, 6.07) is 4.49. The van der Waals surface area contributed by atoms with Crippen molar-refractivity contribution in [2.45, 2.75) is 12.5 Å². The molecule has 2 rings (SSSR count). The smallest absolute Gasteiger partial charge is 0.327 e. The Morgan fingerprint density at radius 3 is 2.39 bits per heavy atom. The third-order valence-corrected chi connectivity index (χ3v) is 4.31. The second-order valence-electron chi connectivity index (χ2n) is 4.60. The lowest BCUT2D eigenvalue weighted by Crippen LogP contribution is -2.45. The molecule has 1 heterocycles. The average molecular weight is 353 g/mol. The van der Waals surface area contributed by atoms with Gasteiger partial charge in [0.2, 0.25) is 0 Å². The highest BCUT2D eigenvalue weighted by molar-refractivity contribution is 8.26. The summed E-state index contributed by atoms with van der Waals surface area (Å²) < 4.78 is -0.00585. The number of phenolic OH excluding ortho intramolecular Hbond substituents is 1. The van der Waals surface area contributed by atoms with E-state index in [2.05, 4.69) is 0 Å². The van der Waals surface area contributed by atoms with E-state index in [1.54, 1.807) is 12.1 Å². The van der Waals surface area contributed by atoms with E-state index >= 15 is 0 Å². The van der Waals surface area contributed by atoms with E-state index in [-0.39, 0.29) is 15.0 Å². The Morgan fingerprint density at radius 2 is 1.87 bits per heavy atom. The number of thioether (sulfide) groups is 1. The summed E-state index contributed by atoms with van der Waals surface area (Å²) in [6.45, 7) is 0. The van der Waals surface area contributed by atoms with Crippen molar-refractivity contribution in [3.8, 4) is 5.75 Å². The van der Waals surface area contributed by atoms with E-state index in [1.807, 2.05) is 0 Å². The summed E-state index contributed by atoms with van der Waals surface area (Å²) in [5.74, 6) is -3.35. The van der Waals surface area contributed by atoms with Crippen LogP contribution in [0.1, 0.15) is 12.0 Å². The SMILES string of the molecule is O=C(O)CC(C(=O)O)N1C(=O)/C(=C/c2ccc(O)cc2)SC1=S. The number of hydrogen-bond acceptors (Lipinski definition) is 6. The number of carboxylic acid groups (broad SMARTS) is 2. The fourth-order valence-electron chi connectivity index (χ4n) is 1.92. The van der Waals surface area contributed by atoms with Crippen LogP contribution in [-0.4, -0.2) is 48.4 Å². The minimum Gasteiger partial charge on any atom is -0.508 e. The molecule has 0 saturated carbocycles. The molecule has 1 saturated heterocycles. The van der Waals surface area contributed by atoms with Gasteiger partial charge in [0.05, 0.1) is 11.3 Å². The monoisotopic (exact) mass is 353 g/mol. The molecule has 9 heteroatoms. The maximum atomic E-state index is 12.4. The number of carbonyl (C=O) groups excluding carboxylic acids is 1. The van der Waals surface area contributed by atoms with Crippen molar-refractivity contribution in [1.82, 2.24) is 4.90 Å². The van der Waals surface area contributed by atoms with E-state index in [9.17, 15) is 19.5 Å². The van der Waals surface area contributed by atoms with Gasteiger partial charge in [-0.3, -0.25) is 14.5 Å². The molecular weight excluding hydrogens is 342 g/mol. The van der Waals surface area contributed by atoms with Gasteiger partial charge >= 0.3 is 11.9 Å². The van der Waals surface area contributed by atoms with Crippen molar-refractivity contribution in [3.63, 3.8) is 0 Å². The quantitative estimate of drug-likeness (QED) is 0.539. The van der Waals surface area contributed by atoms with Gasteiger partial charge < -0.3 is 15.3 Å². The van der Waals surface area contributed by atoms with Crippen LogP contribution in [0, 0.1) is 0 Å². The number of phenols is 1. The first-order valence-electron chi connectivity index (χ1n) is 6.30. The molecule has 1 unspecified atom stereocenters. The van der Waals surface area contributed by atoms with E-state index < -0.39 is 30.3 Å². The standard InChI is InChI=1S/C14H11NO6S2/c16-8-3-1-7(2-4-8)5-10-12(19)15(14(22)23-10)9(13(20)21)6-11(17)18/h1-5,9,16H,6H2,(H,17,18)(H,20,21)/b10-5-. The van der Waals surface area contributed by atoms with Gasteiger partial charge in [-0.1, -0.05) is 36.1 Å². The van der Waals surface area contributed by atoms with Crippen molar-refractivity contribution < 1.29 is 29.7 Å². The largest absolute Gasteiger partial charge is 0.508 e. The topological polar surface area (TPSA) is 115 Å². The van der Waals surface area contributed by atoms with E-state index in [4.69, 9.17) is 22.4 Å². The van der Waals surface area contributed by atoms with Crippen molar-refractivity contribution in [3.05, 3.63) is 34.7 Å². The van der Waals surface area contributed by atoms with Gasteiger partial charge in [0.25, 0.3) is 5.91 Å². The molecule has 0 radical (unpaired) electrons. The molecule has 0 bridgehead atoms. The molecule has 1 aliphatic rings. The fourth-order valence-corrected chi connectivity index (χ4v) is 3.28. The van der Waals surface area contributed by atoms with Gasteiger partial charge in [0.15, 0.2) is 0 Å². The zero-order valence-corrected chi connectivity index (χ0v) is 13.1. The van der Waals surface area contributed by atoms with E-state index in [0.29, 0.717) is 5.56 Å². The van der Waals surface area contributed by atoms with Gasteiger partial charge in [-0.05, 0) is 23.8 Å². The number of thiocarbonyl (C=S) groups is 1. The molecule has 3 N–H and O–H groups in total. The van der Waals surface area contributed by atoms with Crippen molar-refractivity contribution in [1.29, 1.82) is 0 Å². The summed E-state index contributed by atoms with van der Waals surface area (Å²) in [5.41, 5.74) is 0.619. The highest BCUT2D eigenvalue weighted by Gasteiger charge is 2.41. The Labute approximate surface area is 140 Å². The maximum Gasteiger partial charge on any atom is 0.327 e. The minimum absolute atomic E-state index is 0.00585. The van der Waals surface area contributed by atoms with Gasteiger partial charge in [-0.25, -0.2) is 4.79 Å². The molecule has 7 nitrogen and oxygen atoms in total. The number of rotatable bonds is 5. The predicted octanol–water partition coefficient (Wildman–Crippen LogP) is 1.52. The molecule has 23 heavy (non-hydrogen) atoms. The van der Waals surface area contributed by atoms with Crippen molar-refractivity contribution in [2.75, 3.05) is 0 Å². The molecule has 1 atom stereocenters. The first kappa shape index (κ1) is 17.0. The van der Waals surface area contributed by atoms with Crippen molar-refractivity contribution >= 4 is 52.2 Å². The van der Waals surface area contributed by atoms with Crippen LogP contribution in [0.3, 0.4) is 0 Å². The van der Waals surface area contributed by atoms with Crippen LogP contribution >= 0.6 is 24.0 Å². The number of benzene rings is 1. The first-order valence-corrected chi connectivity index (χ1v) is 7.52. The summed E-state index contributed by atoms with van der Waals surface area (Å²) in [6.07, 6.45) is 0.757. The van der Waals surface area contributed by atoms with Crippen LogP contribution < -0.4 is 0 Å². The van der Waals surface area contributed by atoms with Gasteiger partial charge in [-0.2, -0.15) is 0 Å². The maximum absolute atomic E-state index is 12.4. The van der Waals surface area contributed by atoms with E-state index in [1.165, 1.54) is 18.2 Å². The van der Waals surface area contributed by atoms with Gasteiger partial charge in [0, 0.05) is 0 Å². The third-order valence-electron chi connectivity index (χ3n) is 2.98. The van der Waals surface area contributed by atoms with Gasteiger partial charge in [0.1, 0.15) is 16.1 Å². The number of hydrogen-bond donors (Lipinski definition) is 3. The number of amides is 1. The predicted molar refractivity (Wildman–Crippen MR) is 86.8 cm³/mol. The van der Waals surface area contributed by atoms with E-state index in [0.717, 1.165) is 16.7 Å². The lowest BCUT2D eigenvalue weighted by Gasteiger charge is -2.21. The second kappa shape index (κ2) is 6.80. The molecule has 120 valence electrons. The Hall–Kier alpha value is -2.39. The second-order valence-corrected chi connectivity index (χ2v) is 6.27. The summed E-state index contributed by atoms with van der Waals surface area (Å²) in [7, 11) is 0. The van der Waals surface area contributed by atoms with Crippen molar-refractivity contribution in [2.24, 2.45) is 0 Å². The molecule has 0 spiro atoms. The number of aliphatic carboxylic acids is 2. The first-order chi connectivity index (χ1) is 10.8. The highest BCUT2D eigenvalue weighted by Crippen LogP contribution is 2.34. The van der Waals surface area contributed by atoms with Crippen LogP contribution in [0.25, 0.3) is 6.08 Å². The summed E-state index contributed by atoms with van der Waals surface area (Å²) >= 11 is 5.91. The number of nitrogens with zero attached hydrogens (tertiary/aromatic N) is 1. The Kier molecular flexibility index (Phi) is 5.02. The molecule has 1 fully saturated rings. The number of carbonyl (C=O) groups is 3. The van der Waals surface area contributed by atoms with Crippen LogP contribution in [0.4, 0.5) is 0 Å². The molecule has 1 aromatic rings. The highest BCUT2D eigenvalue weighted by atomic mass is 32.2. The molecule has 1 aliphatic heterocycles. The van der Waals surface area contributed by atoms with Crippen LogP contribution in [0.15, 0.2) is 29.2 Å². The normalized spacial score (nSPS) is 17.6. The summed E-state index contributed by atoms with van der Waals surface area (Å²) in [5, 5.41) is 27.2.